The van der Waals surface area contributed by atoms with Crippen molar-refractivity contribution in [1.29, 1.82) is 0 Å². The van der Waals surface area contributed by atoms with Gasteiger partial charge in [-0.15, -0.1) is 0 Å². The zero-order valence-corrected chi connectivity index (χ0v) is 11.3. The molecule has 7 heteroatoms. The average molecular weight is 294 g/mol. The zero-order chi connectivity index (χ0) is 14.8. The van der Waals surface area contributed by atoms with Gasteiger partial charge in [-0.05, 0) is 25.8 Å². The highest BCUT2D eigenvalue weighted by molar-refractivity contribution is 5.79. The minimum Gasteiger partial charge on any atom is -0.387 e. The van der Waals surface area contributed by atoms with Crippen LogP contribution in [0.2, 0.25) is 0 Å². The third-order valence-electron chi connectivity index (χ3n) is 4.34. The summed E-state index contributed by atoms with van der Waals surface area (Å²) in [6, 6.07) is 0. The number of β-amino-alcohol motifs (C(OH)–C–C–N with tert-alkyl or cyclic N) is 1. The second kappa shape index (κ2) is 5.89. The summed E-state index contributed by atoms with van der Waals surface area (Å²) in [6.07, 6.45) is -2.37. The van der Waals surface area contributed by atoms with Gasteiger partial charge in [0.15, 0.2) is 0 Å². The van der Waals surface area contributed by atoms with E-state index in [0.29, 0.717) is 32.4 Å². The number of amides is 1. The fourth-order valence-corrected chi connectivity index (χ4v) is 3.10. The van der Waals surface area contributed by atoms with Crippen LogP contribution in [-0.2, 0) is 4.79 Å². The summed E-state index contributed by atoms with van der Waals surface area (Å²) in [5, 5.41) is 15.5. The van der Waals surface area contributed by atoms with E-state index in [-0.39, 0.29) is 19.4 Å². The predicted octanol–water partition coefficient (Wildman–Crippen LogP) is 1.20. The Morgan fingerprint density at radius 3 is 2.65 bits per heavy atom. The van der Waals surface area contributed by atoms with Gasteiger partial charge in [-0.3, -0.25) is 4.79 Å². The van der Waals surface area contributed by atoms with Crippen LogP contribution in [0.5, 0.6) is 0 Å². The van der Waals surface area contributed by atoms with E-state index in [2.05, 4.69) is 10.6 Å². The molecule has 0 radical (unpaired) electrons. The summed E-state index contributed by atoms with van der Waals surface area (Å²) in [5.41, 5.74) is -1.03. The third kappa shape index (κ3) is 3.63. The Morgan fingerprint density at radius 1 is 1.35 bits per heavy atom. The average Bonchev–Trinajstić information content (AvgIpc) is 2.82. The van der Waals surface area contributed by atoms with Gasteiger partial charge in [0.25, 0.3) is 0 Å². The van der Waals surface area contributed by atoms with Crippen LogP contribution in [0.25, 0.3) is 0 Å². The fourth-order valence-electron chi connectivity index (χ4n) is 3.10. The first kappa shape index (κ1) is 15.6. The molecule has 2 aliphatic rings. The van der Waals surface area contributed by atoms with Crippen molar-refractivity contribution < 1.29 is 23.1 Å². The molecule has 2 rings (SSSR count). The lowest BCUT2D eigenvalue weighted by Crippen LogP contribution is -2.49. The Hall–Kier alpha value is -0.820. The first-order chi connectivity index (χ1) is 9.32. The predicted molar refractivity (Wildman–Crippen MR) is 66.9 cm³/mol. The van der Waals surface area contributed by atoms with E-state index in [0.717, 1.165) is 0 Å². The van der Waals surface area contributed by atoms with Gasteiger partial charge < -0.3 is 15.7 Å². The van der Waals surface area contributed by atoms with Crippen molar-refractivity contribution in [2.45, 2.75) is 43.9 Å². The molecule has 116 valence electrons. The topological polar surface area (TPSA) is 61.4 Å². The summed E-state index contributed by atoms with van der Waals surface area (Å²) in [7, 11) is 0. The standard InChI is InChI=1S/C13H21F3N2O2/c14-13(15,16)10-4-2-1-3-9(10)11(19)18-8-12(20)5-6-17-7-12/h9-10,17,20H,1-8H2,(H,18,19). The Morgan fingerprint density at radius 2 is 2.05 bits per heavy atom. The second-order valence-electron chi connectivity index (χ2n) is 5.91. The highest BCUT2D eigenvalue weighted by atomic mass is 19.4. The zero-order valence-electron chi connectivity index (χ0n) is 11.3. The highest BCUT2D eigenvalue weighted by Gasteiger charge is 2.48. The second-order valence-corrected chi connectivity index (χ2v) is 5.91. The van der Waals surface area contributed by atoms with Crippen LogP contribution in [0, 0.1) is 11.8 Å². The summed E-state index contributed by atoms with van der Waals surface area (Å²) in [4.78, 5) is 12.0. The molecule has 1 aliphatic carbocycles. The molecule has 1 saturated carbocycles. The highest BCUT2D eigenvalue weighted by Crippen LogP contribution is 2.41. The summed E-state index contributed by atoms with van der Waals surface area (Å²) in [6.45, 7) is 1.03. The van der Waals surface area contributed by atoms with Crippen molar-refractivity contribution in [1.82, 2.24) is 10.6 Å². The maximum atomic E-state index is 12.9. The van der Waals surface area contributed by atoms with Crippen molar-refractivity contribution in [3.63, 3.8) is 0 Å². The molecule has 1 aliphatic heterocycles. The molecule has 2 fully saturated rings. The molecule has 0 aromatic heterocycles. The van der Waals surface area contributed by atoms with E-state index in [1.165, 1.54) is 0 Å². The molecular formula is C13H21F3N2O2. The van der Waals surface area contributed by atoms with Crippen LogP contribution in [0.15, 0.2) is 0 Å². The monoisotopic (exact) mass is 294 g/mol. The molecule has 0 aromatic carbocycles. The van der Waals surface area contributed by atoms with Crippen LogP contribution in [-0.4, -0.2) is 42.4 Å². The van der Waals surface area contributed by atoms with Gasteiger partial charge in [-0.25, -0.2) is 0 Å². The van der Waals surface area contributed by atoms with E-state index < -0.39 is 29.5 Å². The van der Waals surface area contributed by atoms with Crippen LogP contribution < -0.4 is 10.6 Å². The summed E-state index contributed by atoms with van der Waals surface area (Å²) < 4.78 is 38.8. The van der Waals surface area contributed by atoms with Crippen LogP contribution in [0.4, 0.5) is 13.2 Å². The summed E-state index contributed by atoms with van der Waals surface area (Å²) in [5.74, 6) is -3.14. The molecule has 1 saturated heterocycles. The SMILES string of the molecule is O=C(NCC1(O)CCNC1)C1CCCCC1C(F)(F)F. The van der Waals surface area contributed by atoms with Crippen LogP contribution >= 0.6 is 0 Å². The number of hydrogen-bond acceptors (Lipinski definition) is 3. The van der Waals surface area contributed by atoms with E-state index in [9.17, 15) is 23.1 Å². The molecule has 3 unspecified atom stereocenters. The molecule has 1 heterocycles. The number of carbonyl (C=O) groups excluding carboxylic acids is 1. The number of hydrogen-bond donors (Lipinski definition) is 3. The van der Waals surface area contributed by atoms with Crippen LogP contribution in [0.3, 0.4) is 0 Å². The Balaban J connectivity index is 1.92. The lowest BCUT2D eigenvalue weighted by Gasteiger charge is -2.32. The van der Waals surface area contributed by atoms with Gasteiger partial charge in [0.05, 0.1) is 11.5 Å². The number of nitrogens with one attached hydrogen (secondary N) is 2. The van der Waals surface area contributed by atoms with Crippen molar-refractivity contribution >= 4 is 5.91 Å². The molecule has 0 aromatic rings. The Bertz CT molecular complexity index is 354. The van der Waals surface area contributed by atoms with Gasteiger partial charge in [0, 0.05) is 19.0 Å². The number of carbonyl (C=O) groups is 1. The van der Waals surface area contributed by atoms with Gasteiger partial charge >= 0.3 is 6.18 Å². The number of aliphatic hydroxyl groups is 1. The normalized spacial score (nSPS) is 35.0. The van der Waals surface area contributed by atoms with E-state index in [4.69, 9.17) is 0 Å². The lowest BCUT2D eigenvalue weighted by molar-refractivity contribution is -0.198. The number of halogens is 3. The van der Waals surface area contributed by atoms with Crippen molar-refractivity contribution in [3.8, 4) is 0 Å². The first-order valence-corrected chi connectivity index (χ1v) is 7.09. The Labute approximate surface area is 116 Å². The third-order valence-corrected chi connectivity index (χ3v) is 4.34. The van der Waals surface area contributed by atoms with Gasteiger partial charge in [0.2, 0.25) is 5.91 Å². The molecule has 0 spiro atoms. The Kier molecular flexibility index (Phi) is 4.59. The molecule has 0 bridgehead atoms. The van der Waals surface area contributed by atoms with Crippen molar-refractivity contribution in [3.05, 3.63) is 0 Å². The summed E-state index contributed by atoms with van der Waals surface area (Å²) >= 11 is 0. The van der Waals surface area contributed by atoms with E-state index in [1.807, 2.05) is 0 Å². The maximum Gasteiger partial charge on any atom is 0.392 e. The van der Waals surface area contributed by atoms with Crippen molar-refractivity contribution in [2.75, 3.05) is 19.6 Å². The molecule has 1 amide bonds. The van der Waals surface area contributed by atoms with Crippen LogP contribution in [0.1, 0.15) is 32.1 Å². The largest absolute Gasteiger partial charge is 0.392 e. The molecular weight excluding hydrogens is 273 g/mol. The molecule has 3 N–H and O–H groups in total. The molecule has 3 atom stereocenters. The maximum absolute atomic E-state index is 12.9. The fraction of sp³-hybridized carbons (Fsp3) is 0.923. The van der Waals surface area contributed by atoms with E-state index >= 15 is 0 Å². The minimum absolute atomic E-state index is 0.0138. The van der Waals surface area contributed by atoms with E-state index in [1.54, 1.807) is 0 Å². The molecule has 4 nitrogen and oxygen atoms in total. The minimum atomic E-state index is -4.33. The number of rotatable bonds is 3. The number of alkyl halides is 3. The van der Waals surface area contributed by atoms with Gasteiger partial charge in [-0.1, -0.05) is 12.8 Å². The van der Waals surface area contributed by atoms with Gasteiger partial charge in [0.1, 0.15) is 0 Å². The smallest absolute Gasteiger partial charge is 0.387 e. The van der Waals surface area contributed by atoms with Crippen molar-refractivity contribution in [2.24, 2.45) is 11.8 Å². The molecule has 20 heavy (non-hydrogen) atoms. The quantitative estimate of drug-likeness (QED) is 0.733. The first-order valence-electron chi connectivity index (χ1n) is 7.09. The lowest BCUT2D eigenvalue weighted by atomic mass is 9.78. The van der Waals surface area contributed by atoms with Gasteiger partial charge in [-0.2, -0.15) is 13.2 Å².